The zero-order valence-electron chi connectivity index (χ0n) is 15.7. The fourth-order valence-electron chi connectivity index (χ4n) is 1.73. The number of esters is 1. The van der Waals surface area contributed by atoms with E-state index in [0.29, 0.717) is 19.4 Å². The SMILES string of the molecule is CCOC(=O)/C=C/CC[C@H](O)[C@H](CN=[N+]=[N-])O[Si](C)(C)C(C)(C)C. The van der Waals surface area contributed by atoms with Gasteiger partial charge in [0.05, 0.1) is 25.4 Å². The molecule has 2 atom stereocenters. The van der Waals surface area contributed by atoms with Gasteiger partial charge in [0, 0.05) is 11.0 Å². The summed E-state index contributed by atoms with van der Waals surface area (Å²) in [6.45, 7) is 12.7. The van der Waals surface area contributed by atoms with Crippen molar-refractivity contribution in [3.05, 3.63) is 22.6 Å². The highest BCUT2D eigenvalue weighted by atomic mass is 28.4. The highest BCUT2D eigenvalue weighted by molar-refractivity contribution is 6.74. The summed E-state index contributed by atoms with van der Waals surface area (Å²) in [5.41, 5.74) is 8.55. The second kappa shape index (κ2) is 10.5. The summed E-state index contributed by atoms with van der Waals surface area (Å²) in [4.78, 5) is 14.0. The van der Waals surface area contributed by atoms with Crippen LogP contribution in [0.3, 0.4) is 0 Å². The van der Waals surface area contributed by atoms with Gasteiger partial charge in [-0.25, -0.2) is 4.79 Å². The summed E-state index contributed by atoms with van der Waals surface area (Å²) in [6, 6.07) is 0. The molecule has 24 heavy (non-hydrogen) atoms. The molecule has 0 aliphatic heterocycles. The fourth-order valence-corrected chi connectivity index (χ4v) is 3.07. The van der Waals surface area contributed by atoms with E-state index in [1.807, 2.05) is 0 Å². The van der Waals surface area contributed by atoms with Gasteiger partial charge in [-0.3, -0.25) is 0 Å². The van der Waals surface area contributed by atoms with E-state index in [4.69, 9.17) is 14.7 Å². The molecule has 0 bridgehead atoms. The maximum atomic E-state index is 11.2. The molecule has 1 N–H and O–H groups in total. The van der Waals surface area contributed by atoms with Crippen molar-refractivity contribution in [2.24, 2.45) is 5.11 Å². The van der Waals surface area contributed by atoms with E-state index in [9.17, 15) is 9.90 Å². The number of nitrogens with zero attached hydrogens (tertiary/aromatic N) is 3. The van der Waals surface area contributed by atoms with Crippen molar-refractivity contribution in [3.63, 3.8) is 0 Å². The average molecular weight is 358 g/mol. The van der Waals surface area contributed by atoms with E-state index in [1.165, 1.54) is 6.08 Å². The van der Waals surface area contributed by atoms with Gasteiger partial charge in [0.25, 0.3) is 0 Å². The van der Waals surface area contributed by atoms with Crippen LogP contribution < -0.4 is 0 Å². The molecule has 0 spiro atoms. The highest BCUT2D eigenvalue weighted by Gasteiger charge is 2.40. The number of hydrogen-bond donors (Lipinski definition) is 1. The van der Waals surface area contributed by atoms with Crippen LogP contribution in [0, 0.1) is 0 Å². The molecule has 0 rings (SSSR count). The summed E-state index contributed by atoms with van der Waals surface area (Å²) in [5, 5.41) is 14.0. The van der Waals surface area contributed by atoms with Crippen molar-refractivity contribution in [1.82, 2.24) is 0 Å². The third-order valence-corrected chi connectivity index (χ3v) is 8.68. The number of hydrogen-bond acceptors (Lipinski definition) is 5. The lowest BCUT2D eigenvalue weighted by molar-refractivity contribution is -0.137. The van der Waals surface area contributed by atoms with Crippen LogP contribution >= 0.6 is 0 Å². The number of carbonyl (C=O) groups is 1. The van der Waals surface area contributed by atoms with E-state index >= 15 is 0 Å². The first-order chi connectivity index (χ1) is 11.0. The molecule has 0 aromatic rings. The average Bonchev–Trinajstić information content (AvgIpc) is 2.46. The molecule has 7 nitrogen and oxygen atoms in total. The first kappa shape index (κ1) is 22.7. The predicted octanol–water partition coefficient (Wildman–Crippen LogP) is 3.95. The quantitative estimate of drug-likeness (QED) is 0.160. The minimum Gasteiger partial charge on any atom is -0.463 e. The number of azide groups is 1. The van der Waals surface area contributed by atoms with Gasteiger partial charge in [-0.1, -0.05) is 32.0 Å². The molecule has 0 saturated carbocycles. The van der Waals surface area contributed by atoms with Crippen molar-refractivity contribution in [2.45, 2.75) is 70.9 Å². The van der Waals surface area contributed by atoms with Crippen molar-refractivity contribution in [1.29, 1.82) is 0 Å². The Morgan fingerprint density at radius 2 is 2.04 bits per heavy atom. The third-order valence-electron chi connectivity index (χ3n) is 4.18. The summed E-state index contributed by atoms with van der Waals surface area (Å²) in [7, 11) is -2.09. The molecular formula is C16H31N3O4Si. The van der Waals surface area contributed by atoms with Crippen molar-refractivity contribution in [3.8, 4) is 0 Å². The second-order valence-corrected chi connectivity index (χ2v) is 11.9. The molecular weight excluding hydrogens is 326 g/mol. The Morgan fingerprint density at radius 3 is 2.54 bits per heavy atom. The van der Waals surface area contributed by atoms with Crippen molar-refractivity contribution >= 4 is 14.3 Å². The lowest BCUT2D eigenvalue weighted by Crippen LogP contribution is -2.48. The smallest absolute Gasteiger partial charge is 0.330 e. The summed E-state index contributed by atoms with van der Waals surface area (Å²) in [6.07, 6.45) is 2.63. The number of rotatable bonds is 10. The number of aliphatic hydroxyl groups is 1. The van der Waals surface area contributed by atoms with Gasteiger partial charge in [-0.15, -0.1) is 0 Å². The first-order valence-electron chi connectivity index (χ1n) is 8.25. The summed E-state index contributed by atoms with van der Waals surface area (Å²) in [5.74, 6) is -0.393. The van der Waals surface area contributed by atoms with Crippen LogP contribution in [0.2, 0.25) is 18.1 Å². The Balaban J connectivity index is 4.75. The number of aliphatic hydroxyl groups excluding tert-OH is 1. The zero-order valence-corrected chi connectivity index (χ0v) is 16.7. The first-order valence-corrected chi connectivity index (χ1v) is 11.2. The highest BCUT2D eigenvalue weighted by Crippen LogP contribution is 2.37. The number of ether oxygens (including phenoxy) is 1. The molecule has 0 radical (unpaired) electrons. The van der Waals surface area contributed by atoms with E-state index < -0.39 is 26.5 Å². The monoisotopic (exact) mass is 357 g/mol. The number of carbonyl (C=O) groups excluding carboxylic acids is 1. The molecule has 0 aromatic carbocycles. The molecule has 0 unspecified atom stereocenters. The van der Waals surface area contributed by atoms with Crippen molar-refractivity contribution < 1.29 is 19.1 Å². The topological polar surface area (TPSA) is 105 Å². The summed E-state index contributed by atoms with van der Waals surface area (Å²) >= 11 is 0. The minimum atomic E-state index is -2.09. The third kappa shape index (κ3) is 8.49. The Labute approximate surface area is 145 Å². The predicted molar refractivity (Wildman–Crippen MR) is 97.1 cm³/mol. The van der Waals surface area contributed by atoms with Gasteiger partial charge in [-0.05, 0) is 43.4 Å². The molecule has 0 saturated heterocycles. The fraction of sp³-hybridized carbons (Fsp3) is 0.812. The van der Waals surface area contributed by atoms with E-state index in [0.717, 1.165) is 0 Å². The zero-order chi connectivity index (χ0) is 18.8. The van der Waals surface area contributed by atoms with E-state index in [-0.39, 0.29) is 11.6 Å². The standard InChI is InChI=1S/C16H31N3O4Si/c1-7-22-15(21)11-9-8-10-13(20)14(12-18-19-17)23-24(5,6)16(2,3)4/h9,11,13-14,20H,7-8,10,12H2,1-6H3/b11-9+/t13-,14-/m0/s1. The Hall–Kier alpha value is -1.34. The largest absolute Gasteiger partial charge is 0.463 e. The lowest BCUT2D eigenvalue weighted by atomic mass is 10.1. The van der Waals surface area contributed by atoms with Crippen LogP contribution in [0.1, 0.15) is 40.5 Å². The molecule has 0 aliphatic carbocycles. The van der Waals surface area contributed by atoms with Gasteiger partial charge in [0.2, 0.25) is 0 Å². The molecule has 0 aromatic heterocycles. The van der Waals surface area contributed by atoms with Gasteiger partial charge >= 0.3 is 5.97 Å². The van der Waals surface area contributed by atoms with Crippen LogP contribution in [0.25, 0.3) is 10.4 Å². The van der Waals surface area contributed by atoms with E-state index in [1.54, 1.807) is 13.0 Å². The molecule has 0 aliphatic rings. The van der Waals surface area contributed by atoms with Crippen LogP contribution in [0.4, 0.5) is 0 Å². The molecule has 0 heterocycles. The molecule has 8 heteroatoms. The van der Waals surface area contributed by atoms with Crippen LogP contribution in [0.5, 0.6) is 0 Å². The Morgan fingerprint density at radius 1 is 1.42 bits per heavy atom. The van der Waals surface area contributed by atoms with Crippen LogP contribution in [-0.2, 0) is 14.0 Å². The van der Waals surface area contributed by atoms with Gasteiger partial charge in [0.1, 0.15) is 0 Å². The van der Waals surface area contributed by atoms with Gasteiger partial charge < -0.3 is 14.3 Å². The molecule has 138 valence electrons. The Kier molecular flexibility index (Phi) is 9.92. The van der Waals surface area contributed by atoms with E-state index in [2.05, 4.69) is 43.9 Å². The maximum Gasteiger partial charge on any atom is 0.330 e. The number of allylic oxidation sites excluding steroid dienone is 1. The molecule has 0 fully saturated rings. The van der Waals surface area contributed by atoms with Gasteiger partial charge in [0.15, 0.2) is 8.32 Å². The normalized spacial score (nSPS) is 15.0. The lowest BCUT2D eigenvalue weighted by Gasteiger charge is -2.40. The Bertz CT molecular complexity index is 468. The second-order valence-electron chi connectivity index (χ2n) is 7.13. The van der Waals surface area contributed by atoms with Gasteiger partial charge in [-0.2, -0.15) is 0 Å². The maximum absolute atomic E-state index is 11.2. The summed E-state index contributed by atoms with van der Waals surface area (Å²) < 4.78 is 11.0. The molecule has 0 amide bonds. The minimum absolute atomic E-state index is 0.00879. The van der Waals surface area contributed by atoms with Crippen LogP contribution in [-0.4, -0.2) is 44.8 Å². The van der Waals surface area contributed by atoms with Crippen LogP contribution in [0.15, 0.2) is 17.3 Å². The van der Waals surface area contributed by atoms with Crippen molar-refractivity contribution in [2.75, 3.05) is 13.2 Å².